The molecule has 0 aromatic rings. The molecular weight excluding hydrogens is 343 g/mol. The van der Waals surface area contributed by atoms with Gasteiger partial charge in [-0.25, -0.2) is 0 Å². The minimum atomic E-state index is 0. The van der Waals surface area contributed by atoms with E-state index >= 15 is 0 Å². The monoisotopic (exact) mass is 380 g/mol. The zero-order chi connectivity index (χ0) is 13.9. The van der Waals surface area contributed by atoms with Crippen molar-refractivity contribution in [2.45, 2.75) is 90.9 Å². The fourth-order valence-corrected chi connectivity index (χ4v) is 1.78. The van der Waals surface area contributed by atoms with E-state index in [9.17, 15) is 0 Å². The molecule has 0 amide bonds. The second-order valence-corrected chi connectivity index (χ2v) is 4.98. The normalized spacial score (nSPS) is 8.57. The van der Waals surface area contributed by atoms with Crippen molar-refractivity contribution in [3.05, 3.63) is 0 Å². The largest absolute Gasteiger partial charge is 0.396 e. The van der Waals surface area contributed by atoms with Gasteiger partial charge in [0.25, 0.3) is 0 Å². The number of rotatable bonds is 12. The summed E-state index contributed by atoms with van der Waals surface area (Å²) in [4.78, 5) is 0. The Bertz CT molecular complexity index is 105. The third-order valence-electron chi connectivity index (χ3n) is 3.02. The van der Waals surface area contributed by atoms with Gasteiger partial charge < -0.3 is 10.2 Å². The summed E-state index contributed by atoms with van der Waals surface area (Å²) in [6, 6.07) is 0. The van der Waals surface area contributed by atoms with E-state index < -0.39 is 0 Å². The Labute approximate surface area is 160 Å². The minimum absolute atomic E-state index is 0. The molecule has 0 aliphatic rings. The first-order valence-corrected chi connectivity index (χ1v) is 8.05. The number of aliphatic hydroxyl groups excluding tert-OH is 2. The number of aliphatic hydroxyl groups is 2. The molecule has 0 rings (SSSR count). The fraction of sp³-hybridized carbons (Fsp3) is 1.00. The van der Waals surface area contributed by atoms with Crippen LogP contribution in [0.3, 0.4) is 0 Å². The van der Waals surface area contributed by atoms with Crippen LogP contribution >= 0.6 is 24.8 Å². The third kappa shape index (κ3) is 44.9. The summed E-state index contributed by atoms with van der Waals surface area (Å²) in [5.74, 6) is 0. The van der Waals surface area contributed by atoms with Crippen LogP contribution in [0.5, 0.6) is 0 Å². The summed E-state index contributed by atoms with van der Waals surface area (Å²) in [6.45, 7) is 5.16. The van der Waals surface area contributed by atoms with Crippen LogP contribution in [0.1, 0.15) is 90.9 Å². The van der Waals surface area contributed by atoms with Gasteiger partial charge in [-0.3, -0.25) is 0 Å². The summed E-state index contributed by atoms with van der Waals surface area (Å²) in [6.07, 6.45) is 15.0. The maximum absolute atomic E-state index is 8.42. The molecule has 0 fully saturated rings. The molecule has 0 aliphatic heterocycles. The number of unbranched alkanes of at least 4 members (excludes halogenated alkanes) is 10. The molecule has 2 N–H and O–H groups in total. The molecule has 5 heteroatoms. The summed E-state index contributed by atoms with van der Waals surface area (Å²) >= 11 is 0. The van der Waals surface area contributed by atoms with E-state index in [1.165, 1.54) is 64.2 Å². The van der Waals surface area contributed by atoms with E-state index in [1.807, 2.05) is 0 Å². The van der Waals surface area contributed by atoms with Gasteiger partial charge in [0.2, 0.25) is 0 Å². The molecule has 0 saturated heterocycles. The van der Waals surface area contributed by atoms with Crippen molar-refractivity contribution in [3.8, 4) is 0 Å². The van der Waals surface area contributed by atoms with Gasteiger partial charge in [-0.1, -0.05) is 78.1 Å². The Kier molecular flexibility index (Phi) is 60.2. The fourth-order valence-electron chi connectivity index (χ4n) is 1.78. The van der Waals surface area contributed by atoms with Crippen LogP contribution in [0.4, 0.5) is 0 Å². The van der Waals surface area contributed by atoms with Gasteiger partial charge in [0.15, 0.2) is 0 Å². The Hall–Kier alpha value is 1.21. The van der Waals surface area contributed by atoms with Crippen molar-refractivity contribution in [1.82, 2.24) is 0 Å². The van der Waals surface area contributed by atoms with E-state index in [0.717, 1.165) is 12.8 Å². The molecule has 2 nitrogen and oxygen atoms in total. The maximum atomic E-state index is 8.42. The van der Waals surface area contributed by atoms with Crippen molar-refractivity contribution in [2.24, 2.45) is 0 Å². The van der Waals surface area contributed by atoms with Gasteiger partial charge in [-0.05, 0) is 12.8 Å². The maximum Gasteiger partial charge on any atom is 0.0431 e. The van der Waals surface area contributed by atoms with Crippen LogP contribution in [-0.4, -0.2) is 23.4 Å². The van der Waals surface area contributed by atoms with Gasteiger partial charge in [0, 0.05) is 34.9 Å². The van der Waals surface area contributed by atoms with Crippen molar-refractivity contribution in [1.29, 1.82) is 0 Å². The van der Waals surface area contributed by atoms with Gasteiger partial charge in [0.05, 0.1) is 0 Å². The van der Waals surface area contributed by atoms with Gasteiger partial charge in [0.1, 0.15) is 0 Å². The van der Waals surface area contributed by atoms with Crippen LogP contribution < -0.4 is 0 Å². The molecule has 0 heterocycles. The van der Waals surface area contributed by atoms with Gasteiger partial charge in [-0.15, -0.1) is 24.8 Å². The zero-order valence-electron chi connectivity index (χ0n) is 14.1. The van der Waals surface area contributed by atoms with Crippen molar-refractivity contribution in [2.75, 3.05) is 13.2 Å². The first kappa shape index (κ1) is 33.7. The van der Waals surface area contributed by atoms with Crippen molar-refractivity contribution < 1.29 is 31.9 Å². The van der Waals surface area contributed by atoms with Gasteiger partial charge >= 0.3 is 0 Å². The summed E-state index contributed by atoms with van der Waals surface area (Å²) in [5, 5.41) is 16.8. The molecule has 0 bridgehead atoms. The number of hydrogen-bond donors (Lipinski definition) is 2. The molecule has 0 spiro atoms. The number of hydrogen-bond acceptors (Lipinski definition) is 2. The van der Waals surface area contributed by atoms with Crippen LogP contribution in [0, 0.1) is 0 Å². The molecule has 21 heavy (non-hydrogen) atoms. The Morgan fingerprint density at radius 3 is 0.952 bits per heavy atom. The molecule has 0 aliphatic carbocycles. The Morgan fingerprint density at radius 1 is 0.476 bits per heavy atom. The van der Waals surface area contributed by atoms with E-state index in [2.05, 4.69) is 13.8 Å². The zero-order valence-corrected chi connectivity index (χ0v) is 17.3. The van der Waals surface area contributed by atoms with Crippen LogP contribution in [0.25, 0.3) is 0 Å². The smallest absolute Gasteiger partial charge is 0.0431 e. The second kappa shape index (κ2) is 37.4. The summed E-state index contributed by atoms with van der Waals surface area (Å²) in [7, 11) is 0. The van der Waals surface area contributed by atoms with E-state index in [0.29, 0.717) is 13.2 Å². The molecule has 132 valence electrons. The van der Waals surface area contributed by atoms with Crippen LogP contribution in [0.15, 0.2) is 0 Å². The molecule has 0 aromatic carbocycles. The minimum Gasteiger partial charge on any atom is -0.396 e. The predicted octanol–water partition coefficient (Wildman–Crippen LogP) is 5.52. The van der Waals surface area contributed by atoms with Crippen LogP contribution in [0.2, 0.25) is 0 Å². The quantitative estimate of drug-likeness (QED) is 0.345. The molecule has 0 aromatic heterocycles. The molecule has 0 atom stereocenters. The molecule has 0 saturated carbocycles. The average molecular weight is 381 g/mol. The second-order valence-electron chi connectivity index (χ2n) is 4.98. The molecule has 0 radical (unpaired) electrons. The third-order valence-corrected chi connectivity index (χ3v) is 3.02. The molecular formula is C16H38Cl2O2Ti. The molecule has 0 unspecified atom stereocenters. The summed E-state index contributed by atoms with van der Waals surface area (Å²) < 4.78 is 0. The first-order valence-electron chi connectivity index (χ1n) is 8.05. The van der Waals surface area contributed by atoms with E-state index in [1.54, 1.807) is 0 Å². The Morgan fingerprint density at radius 2 is 0.714 bits per heavy atom. The first-order chi connectivity index (χ1) is 8.83. The van der Waals surface area contributed by atoms with E-state index in [-0.39, 0.29) is 46.5 Å². The SMILES string of the molecule is CCCCCCCCO.CCCCCCCCO.Cl.Cl.[Ti]. The standard InChI is InChI=1S/2C8H18O.2ClH.Ti/c2*1-2-3-4-5-6-7-8-9;;;/h2*9H,2-8H2,1H3;2*1H;. The van der Waals surface area contributed by atoms with E-state index in [4.69, 9.17) is 10.2 Å². The van der Waals surface area contributed by atoms with Crippen molar-refractivity contribution >= 4 is 24.8 Å². The Balaban J connectivity index is -0.0000000711. The average Bonchev–Trinajstić information content (AvgIpc) is 2.39. The number of halogens is 2. The summed E-state index contributed by atoms with van der Waals surface area (Å²) in [5.41, 5.74) is 0. The van der Waals surface area contributed by atoms with Gasteiger partial charge in [-0.2, -0.15) is 0 Å². The topological polar surface area (TPSA) is 40.5 Å². The predicted molar refractivity (Wildman–Crippen MR) is 95.4 cm³/mol. The van der Waals surface area contributed by atoms with Crippen molar-refractivity contribution in [3.63, 3.8) is 0 Å². The van der Waals surface area contributed by atoms with Crippen LogP contribution in [-0.2, 0) is 21.7 Å².